The van der Waals surface area contributed by atoms with Gasteiger partial charge in [-0.25, -0.2) is 0 Å². The summed E-state index contributed by atoms with van der Waals surface area (Å²) in [6.07, 6.45) is 2.10. The quantitative estimate of drug-likeness (QED) is 0.877. The fourth-order valence-electron chi connectivity index (χ4n) is 2.88. The van der Waals surface area contributed by atoms with Gasteiger partial charge in [-0.1, -0.05) is 18.5 Å². The predicted molar refractivity (Wildman–Crippen MR) is 81.3 cm³/mol. The van der Waals surface area contributed by atoms with E-state index in [-0.39, 0.29) is 5.60 Å². The van der Waals surface area contributed by atoms with Gasteiger partial charge in [0.2, 0.25) is 0 Å². The zero-order valence-corrected chi connectivity index (χ0v) is 13.3. The molecular formula is C16H24ClNO. The molecule has 1 aliphatic heterocycles. The van der Waals surface area contributed by atoms with E-state index in [2.05, 4.69) is 39.1 Å². The first-order valence-corrected chi connectivity index (χ1v) is 7.45. The summed E-state index contributed by atoms with van der Waals surface area (Å²) in [6.45, 7) is 11.6. The number of hydrogen-bond donors (Lipinski definition) is 1. The fourth-order valence-corrected chi connectivity index (χ4v) is 3.04. The first-order valence-electron chi connectivity index (χ1n) is 7.07. The molecule has 0 saturated heterocycles. The third-order valence-electron chi connectivity index (χ3n) is 3.76. The molecule has 0 saturated carbocycles. The zero-order chi connectivity index (χ0) is 14.2. The SMILES string of the molecule is CCCNC1CC(C)(C)Oc2cc(C)c(Cl)c(C)c21. The van der Waals surface area contributed by atoms with Crippen molar-refractivity contribution in [2.24, 2.45) is 0 Å². The minimum atomic E-state index is -0.134. The van der Waals surface area contributed by atoms with Crippen LogP contribution in [0, 0.1) is 13.8 Å². The van der Waals surface area contributed by atoms with Gasteiger partial charge in [0, 0.05) is 23.0 Å². The van der Waals surface area contributed by atoms with Crippen molar-refractivity contribution in [1.82, 2.24) is 5.32 Å². The molecule has 1 atom stereocenters. The number of fused-ring (bicyclic) bond motifs is 1. The van der Waals surface area contributed by atoms with E-state index in [0.29, 0.717) is 6.04 Å². The predicted octanol–water partition coefficient (Wildman–Crippen LogP) is 4.56. The van der Waals surface area contributed by atoms with Crippen LogP contribution in [0.5, 0.6) is 5.75 Å². The summed E-state index contributed by atoms with van der Waals surface area (Å²) in [4.78, 5) is 0. The lowest BCUT2D eigenvalue weighted by Crippen LogP contribution is -2.40. The number of ether oxygens (including phenoxy) is 1. The Morgan fingerprint density at radius 1 is 1.42 bits per heavy atom. The van der Waals surface area contributed by atoms with Crippen molar-refractivity contribution in [3.63, 3.8) is 0 Å². The van der Waals surface area contributed by atoms with Crippen LogP contribution < -0.4 is 10.1 Å². The highest BCUT2D eigenvalue weighted by Gasteiger charge is 2.35. The van der Waals surface area contributed by atoms with E-state index >= 15 is 0 Å². The van der Waals surface area contributed by atoms with Crippen LogP contribution in [0.4, 0.5) is 0 Å². The van der Waals surface area contributed by atoms with Crippen molar-refractivity contribution >= 4 is 11.6 Å². The Hall–Kier alpha value is -0.730. The zero-order valence-electron chi connectivity index (χ0n) is 12.6. The molecule has 1 aromatic carbocycles. The molecule has 2 rings (SSSR count). The van der Waals surface area contributed by atoms with E-state index in [1.165, 1.54) is 5.56 Å². The van der Waals surface area contributed by atoms with Gasteiger partial charge in [-0.2, -0.15) is 0 Å². The second kappa shape index (κ2) is 5.34. The smallest absolute Gasteiger partial charge is 0.125 e. The van der Waals surface area contributed by atoms with E-state index in [9.17, 15) is 0 Å². The Labute approximate surface area is 121 Å². The molecule has 1 N–H and O–H groups in total. The van der Waals surface area contributed by atoms with Gasteiger partial charge in [-0.15, -0.1) is 0 Å². The summed E-state index contributed by atoms with van der Waals surface area (Å²) in [5.74, 6) is 0.990. The Kier molecular flexibility index (Phi) is 4.12. The molecule has 2 nitrogen and oxygen atoms in total. The molecule has 0 spiro atoms. The monoisotopic (exact) mass is 281 g/mol. The average molecular weight is 282 g/mol. The van der Waals surface area contributed by atoms with Gasteiger partial charge in [-0.05, 0) is 57.9 Å². The van der Waals surface area contributed by atoms with Crippen molar-refractivity contribution in [3.8, 4) is 5.75 Å². The van der Waals surface area contributed by atoms with Crippen molar-refractivity contribution in [3.05, 3.63) is 27.8 Å². The summed E-state index contributed by atoms with van der Waals surface area (Å²) < 4.78 is 6.15. The number of benzene rings is 1. The molecule has 0 fully saturated rings. The highest BCUT2D eigenvalue weighted by Crippen LogP contribution is 2.44. The summed E-state index contributed by atoms with van der Waals surface area (Å²) >= 11 is 6.40. The second-order valence-corrected chi connectivity index (χ2v) is 6.49. The van der Waals surface area contributed by atoms with E-state index < -0.39 is 0 Å². The van der Waals surface area contributed by atoms with E-state index in [1.54, 1.807) is 0 Å². The van der Waals surface area contributed by atoms with E-state index in [1.807, 2.05) is 6.92 Å². The minimum Gasteiger partial charge on any atom is -0.487 e. The van der Waals surface area contributed by atoms with Crippen molar-refractivity contribution in [2.45, 2.75) is 59.1 Å². The molecule has 19 heavy (non-hydrogen) atoms. The van der Waals surface area contributed by atoms with Crippen LogP contribution in [-0.4, -0.2) is 12.1 Å². The Morgan fingerprint density at radius 3 is 2.74 bits per heavy atom. The van der Waals surface area contributed by atoms with Crippen LogP contribution in [0.25, 0.3) is 0 Å². The molecule has 1 heterocycles. The first kappa shape index (κ1) is 14.7. The van der Waals surface area contributed by atoms with Gasteiger partial charge in [0.15, 0.2) is 0 Å². The largest absolute Gasteiger partial charge is 0.487 e. The van der Waals surface area contributed by atoms with E-state index in [4.69, 9.17) is 16.3 Å². The number of nitrogens with one attached hydrogen (secondary N) is 1. The maximum Gasteiger partial charge on any atom is 0.125 e. The Balaban J connectivity index is 2.48. The minimum absolute atomic E-state index is 0.134. The van der Waals surface area contributed by atoms with Crippen molar-refractivity contribution < 1.29 is 4.74 Å². The molecule has 0 aromatic heterocycles. The number of aryl methyl sites for hydroxylation is 1. The lowest BCUT2D eigenvalue weighted by molar-refractivity contribution is 0.0658. The summed E-state index contributed by atoms with van der Waals surface area (Å²) in [7, 11) is 0. The molecule has 1 aromatic rings. The second-order valence-electron chi connectivity index (χ2n) is 6.12. The third-order valence-corrected chi connectivity index (χ3v) is 4.35. The van der Waals surface area contributed by atoms with Gasteiger partial charge in [0.1, 0.15) is 11.4 Å². The Bertz CT molecular complexity index is 482. The molecule has 3 heteroatoms. The molecule has 0 aliphatic carbocycles. The number of rotatable bonds is 3. The third kappa shape index (κ3) is 2.90. The number of halogens is 1. The van der Waals surface area contributed by atoms with E-state index in [0.717, 1.165) is 41.3 Å². The van der Waals surface area contributed by atoms with Crippen molar-refractivity contribution in [2.75, 3.05) is 6.54 Å². The summed E-state index contributed by atoms with van der Waals surface area (Å²) in [5.41, 5.74) is 3.35. The normalized spacial score (nSPS) is 20.8. The summed E-state index contributed by atoms with van der Waals surface area (Å²) in [5, 5.41) is 4.50. The van der Waals surface area contributed by atoms with Gasteiger partial charge in [0.05, 0.1) is 0 Å². The lowest BCUT2D eigenvalue weighted by Gasteiger charge is -2.39. The van der Waals surface area contributed by atoms with Gasteiger partial charge in [0.25, 0.3) is 0 Å². The molecular weight excluding hydrogens is 258 g/mol. The molecule has 0 radical (unpaired) electrons. The fraction of sp³-hybridized carbons (Fsp3) is 0.625. The van der Waals surface area contributed by atoms with Crippen LogP contribution in [-0.2, 0) is 0 Å². The van der Waals surface area contributed by atoms with Gasteiger partial charge < -0.3 is 10.1 Å². The van der Waals surface area contributed by atoms with Crippen molar-refractivity contribution in [1.29, 1.82) is 0 Å². The highest BCUT2D eigenvalue weighted by molar-refractivity contribution is 6.32. The maximum absolute atomic E-state index is 6.40. The molecule has 0 bridgehead atoms. The van der Waals surface area contributed by atoms with Crippen LogP contribution >= 0.6 is 11.6 Å². The first-order chi connectivity index (χ1) is 8.85. The lowest BCUT2D eigenvalue weighted by atomic mass is 9.86. The molecule has 1 aliphatic rings. The van der Waals surface area contributed by atoms with Gasteiger partial charge >= 0.3 is 0 Å². The highest BCUT2D eigenvalue weighted by atomic mass is 35.5. The molecule has 0 amide bonds. The van der Waals surface area contributed by atoms with Crippen LogP contribution in [0.15, 0.2) is 6.07 Å². The number of hydrogen-bond acceptors (Lipinski definition) is 2. The molecule has 1 unspecified atom stereocenters. The average Bonchev–Trinajstić information content (AvgIpc) is 2.31. The van der Waals surface area contributed by atoms with Crippen LogP contribution in [0.2, 0.25) is 5.02 Å². The Morgan fingerprint density at radius 2 is 2.11 bits per heavy atom. The van der Waals surface area contributed by atoms with Gasteiger partial charge in [-0.3, -0.25) is 0 Å². The van der Waals surface area contributed by atoms with Crippen LogP contribution in [0.1, 0.15) is 56.3 Å². The topological polar surface area (TPSA) is 21.3 Å². The standard InChI is InChI=1S/C16H24ClNO/c1-6-7-18-12-9-16(4,5)19-13-8-10(2)15(17)11(3)14(12)13/h8,12,18H,6-7,9H2,1-5H3. The molecule has 106 valence electrons. The summed E-state index contributed by atoms with van der Waals surface area (Å²) in [6, 6.07) is 2.41. The maximum atomic E-state index is 6.40. The van der Waals surface area contributed by atoms with Crippen LogP contribution in [0.3, 0.4) is 0 Å².